The summed E-state index contributed by atoms with van der Waals surface area (Å²) in [4.78, 5) is 11.2. The summed E-state index contributed by atoms with van der Waals surface area (Å²) >= 11 is 0. The molecule has 0 spiro atoms. The molecule has 2 amide bonds. The summed E-state index contributed by atoms with van der Waals surface area (Å²) in [6.07, 6.45) is 0. The van der Waals surface area contributed by atoms with Crippen molar-refractivity contribution in [3.63, 3.8) is 0 Å². The van der Waals surface area contributed by atoms with Crippen LogP contribution in [0.1, 0.15) is 5.56 Å². The molecule has 0 aliphatic heterocycles. The van der Waals surface area contributed by atoms with Crippen molar-refractivity contribution in [2.75, 3.05) is 5.32 Å². The normalized spacial score (nSPS) is 11.7. The summed E-state index contributed by atoms with van der Waals surface area (Å²) in [5.41, 5.74) is 7.24. The van der Waals surface area contributed by atoms with Crippen molar-refractivity contribution in [1.82, 2.24) is 0 Å². The first-order valence-electron chi connectivity index (χ1n) is 7.72. The molecule has 0 radical (unpaired) electrons. The van der Waals surface area contributed by atoms with E-state index in [4.69, 9.17) is 5.73 Å². The monoisotopic (exact) mass is 334 g/mol. The highest BCUT2D eigenvalue weighted by atomic mass is 31.1. The molecule has 3 N–H and O–H groups in total. The zero-order chi connectivity index (χ0) is 16.9. The highest BCUT2D eigenvalue weighted by Gasteiger charge is 2.18. The Morgan fingerprint density at radius 1 is 0.875 bits per heavy atom. The highest BCUT2D eigenvalue weighted by Crippen LogP contribution is 2.34. The van der Waals surface area contributed by atoms with E-state index in [-0.39, 0.29) is 0 Å². The number of urea groups is 1. The van der Waals surface area contributed by atoms with Crippen molar-refractivity contribution in [1.29, 1.82) is 0 Å². The van der Waals surface area contributed by atoms with Crippen molar-refractivity contribution < 1.29 is 4.79 Å². The lowest BCUT2D eigenvalue weighted by Gasteiger charge is -2.21. The van der Waals surface area contributed by atoms with E-state index in [0.29, 0.717) is 0 Å². The van der Waals surface area contributed by atoms with E-state index in [1.165, 1.54) is 21.5 Å². The van der Waals surface area contributed by atoms with Crippen molar-refractivity contribution in [2.45, 2.75) is 6.92 Å². The van der Waals surface area contributed by atoms with Crippen LogP contribution in [0, 0.1) is 6.92 Å². The maximum atomic E-state index is 11.2. The number of hydrogen-bond acceptors (Lipinski definition) is 1. The molecule has 24 heavy (non-hydrogen) atoms. The lowest BCUT2D eigenvalue weighted by atomic mass is 10.2. The second-order valence-corrected chi connectivity index (χ2v) is 7.68. The maximum Gasteiger partial charge on any atom is 0.316 e. The molecule has 120 valence electrons. The van der Waals surface area contributed by atoms with Crippen LogP contribution in [0.5, 0.6) is 0 Å². The zero-order valence-electron chi connectivity index (χ0n) is 13.4. The number of hydrogen-bond donors (Lipinski definition) is 2. The standard InChI is InChI=1S/C20H19N2OP/c1-15-8-5-6-13-19(15)24(17-10-3-2-4-11-17)18-12-7-9-16(14-18)22-20(21)23/h2-14H,1H3,(H3,21,22,23). The molecule has 0 bridgehead atoms. The van der Waals surface area contributed by atoms with Gasteiger partial charge in [-0.2, -0.15) is 0 Å². The van der Waals surface area contributed by atoms with Gasteiger partial charge in [-0.1, -0.05) is 66.7 Å². The Labute approximate surface area is 143 Å². The van der Waals surface area contributed by atoms with Crippen molar-refractivity contribution in [3.05, 3.63) is 84.4 Å². The summed E-state index contributed by atoms with van der Waals surface area (Å²) in [6, 6.07) is 26.3. The van der Waals surface area contributed by atoms with Crippen LogP contribution in [-0.4, -0.2) is 6.03 Å². The first-order chi connectivity index (χ1) is 11.6. The average molecular weight is 334 g/mol. The Morgan fingerprint density at radius 2 is 1.54 bits per heavy atom. The Balaban J connectivity index is 2.12. The summed E-state index contributed by atoms with van der Waals surface area (Å²) in [7, 11) is -0.700. The van der Waals surface area contributed by atoms with Gasteiger partial charge in [0.2, 0.25) is 0 Å². The quantitative estimate of drug-likeness (QED) is 0.707. The molecule has 0 aliphatic carbocycles. The van der Waals surface area contributed by atoms with Crippen molar-refractivity contribution >= 4 is 35.6 Å². The van der Waals surface area contributed by atoms with E-state index in [2.05, 4.69) is 66.8 Å². The predicted octanol–water partition coefficient (Wildman–Crippen LogP) is 3.24. The van der Waals surface area contributed by atoms with Crippen LogP contribution >= 0.6 is 7.92 Å². The fraction of sp³-hybridized carbons (Fsp3) is 0.0500. The highest BCUT2D eigenvalue weighted by molar-refractivity contribution is 7.79. The van der Waals surface area contributed by atoms with Gasteiger partial charge in [0, 0.05) is 5.69 Å². The second-order valence-electron chi connectivity index (χ2n) is 5.50. The molecular weight excluding hydrogens is 315 g/mol. The predicted molar refractivity (Wildman–Crippen MR) is 103 cm³/mol. The van der Waals surface area contributed by atoms with Gasteiger partial charge in [-0.05, 0) is 48.5 Å². The number of nitrogens with one attached hydrogen (secondary N) is 1. The van der Waals surface area contributed by atoms with E-state index in [9.17, 15) is 4.79 Å². The third-order valence-corrected chi connectivity index (χ3v) is 6.34. The molecular formula is C20H19N2OP. The van der Waals surface area contributed by atoms with Crippen LogP contribution in [0.15, 0.2) is 78.9 Å². The van der Waals surface area contributed by atoms with Gasteiger partial charge in [0.15, 0.2) is 0 Å². The first kappa shape index (κ1) is 16.2. The third kappa shape index (κ3) is 3.64. The maximum absolute atomic E-state index is 11.2. The number of carbonyl (C=O) groups excluding carboxylic acids is 1. The number of nitrogens with two attached hydrogens (primary N) is 1. The summed E-state index contributed by atoms with van der Waals surface area (Å²) in [5.74, 6) is 0. The molecule has 3 aromatic rings. The zero-order valence-corrected chi connectivity index (χ0v) is 14.3. The smallest absolute Gasteiger partial charge is 0.316 e. The molecule has 3 nitrogen and oxygen atoms in total. The molecule has 0 fully saturated rings. The molecule has 0 aromatic heterocycles. The number of rotatable bonds is 4. The number of aryl methyl sites for hydroxylation is 1. The third-order valence-electron chi connectivity index (χ3n) is 3.74. The van der Waals surface area contributed by atoms with Gasteiger partial charge in [0.05, 0.1) is 0 Å². The van der Waals surface area contributed by atoms with Crippen LogP contribution in [-0.2, 0) is 0 Å². The first-order valence-corrected chi connectivity index (χ1v) is 9.06. The van der Waals surface area contributed by atoms with Crippen LogP contribution in [0.2, 0.25) is 0 Å². The van der Waals surface area contributed by atoms with Gasteiger partial charge in [-0.3, -0.25) is 0 Å². The molecule has 3 rings (SSSR count). The number of carbonyl (C=O) groups is 1. The topological polar surface area (TPSA) is 55.1 Å². The van der Waals surface area contributed by atoms with E-state index in [1.807, 2.05) is 24.3 Å². The van der Waals surface area contributed by atoms with Gasteiger partial charge in [-0.25, -0.2) is 4.79 Å². The Morgan fingerprint density at radius 3 is 2.25 bits per heavy atom. The molecule has 0 heterocycles. The number of anilines is 1. The fourth-order valence-electron chi connectivity index (χ4n) is 2.68. The van der Waals surface area contributed by atoms with Crippen LogP contribution in [0.25, 0.3) is 0 Å². The largest absolute Gasteiger partial charge is 0.351 e. The molecule has 0 saturated carbocycles. The molecule has 1 atom stereocenters. The average Bonchev–Trinajstić information content (AvgIpc) is 2.58. The van der Waals surface area contributed by atoms with Gasteiger partial charge >= 0.3 is 6.03 Å². The Hall–Kier alpha value is -2.64. The molecule has 0 saturated heterocycles. The van der Waals surface area contributed by atoms with Crippen LogP contribution in [0.3, 0.4) is 0 Å². The van der Waals surface area contributed by atoms with Crippen LogP contribution in [0.4, 0.5) is 10.5 Å². The fourth-order valence-corrected chi connectivity index (χ4v) is 5.17. The Bertz CT molecular complexity index is 849. The second kappa shape index (κ2) is 7.29. The minimum absolute atomic E-state index is 0.549. The summed E-state index contributed by atoms with van der Waals surface area (Å²) in [5, 5.41) is 6.44. The summed E-state index contributed by atoms with van der Waals surface area (Å²) in [6.45, 7) is 2.14. The molecule has 3 aromatic carbocycles. The minimum Gasteiger partial charge on any atom is -0.351 e. The SMILES string of the molecule is Cc1ccccc1P(c1ccccc1)c1cccc(NC(N)=O)c1. The van der Waals surface area contributed by atoms with E-state index in [1.54, 1.807) is 0 Å². The van der Waals surface area contributed by atoms with Gasteiger partial charge in [-0.15, -0.1) is 0 Å². The van der Waals surface area contributed by atoms with E-state index < -0.39 is 14.0 Å². The number of amides is 2. The van der Waals surface area contributed by atoms with Crippen LogP contribution < -0.4 is 27.0 Å². The lowest BCUT2D eigenvalue weighted by Crippen LogP contribution is -2.24. The van der Waals surface area contributed by atoms with Gasteiger partial charge in [0.1, 0.15) is 0 Å². The lowest BCUT2D eigenvalue weighted by molar-refractivity contribution is 0.259. The van der Waals surface area contributed by atoms with Gasteiger partial charge in [0.25, 0.3) is 0 Å². The van der Waals surface area contributed by atoms with Gasteiger partial charge < -0.3 is 11.1 Å². The van der Waals surface area contributed by atoms with Crippen molar-refractivity contribution in [3.8, 4) is 0 Å². The number of primary amides is 1. The van der Waals surface area contributed by atoms with E-state index in [0.717, 1.165) is 5.69 Å². The minimum atomic E-state index is -0.700. The summed E-state index contributed by atoms with van der Waals surface area (Å²) < 4.78 is 0. The molecule has 0 aliphatic rings. The molecule has 1 unspecified atom stereocenters. The van der Waals surface area contributed by atoms with E-state index >= 15 is 0 Å². The van der Waals surface area contributed by atoms with Crippen molar-refractivity contribution in [2.24, 2.45) is 5.73 Å². The molecule has 4 heteroatoms. The Kier molecular flexibility index (Phi) is 4.93. The number of benzene rings is 3.